The zero-order valence-corrected chi connectivity index (χ0v) is 20.4. The first-order chi connectivity index (χ1) is 17.1. The van der Waals surface area contributed by atoms with Crippen molar-refractivity contribution >= 4 is 16.8 Å². The van der Waals surface area contributed by atoms with Gasteiger partial charge in [0.2, 0.25) is 0 Å². The number of fused-ring (bicyclic) bond motifs is 2. The zero-order chi connectivity index (χ0) is 23.9. The number of methoxy groups -OCH3 is 1. The van der Waals surface area contributed by atoms with Crippen molar-refractivity contribution in [2.75, 3.05) is 7.11 Å². The molecule has 2 aliphatic rings. The number of ether oxygens (including phenoxy) is 1. The van der Waals surface area contributed by atoms with Crippen molar-refractivity contribution in [3.8, 4) is 28.3 Å². The molecule has 1 aromatic carbocycles. The van der Waals surface area contributed by atoms with Gasteiger partial charge >= 0.3 is 0 Å². The van der Waals surface area contributed by atoms with Crippen molar-refractivity contribution in [2.45, 2.75) is 64.3 Å². The Morgan fingerprint density at radius 3 is 2.83 bits per heavy atom. The number of carbonyl (C=O) groups excluding carboxylic acids is 1. The van der Waals surface area contributed by atoms with Crippen LogP contribution in [0.1, 0.15) is 62.6 Å². The Balaban J connectivity index is 1.33. The number of nitrogens with zero attached hydrogens (tertiary/aromatic N) is 4. The Labute approximate surface area is 204 Å². The highest BCUT2D eigenvalue weighted by Gasteiger charge is 2.25. The van der Waals surface area contributed by atoms with E-state index in [-0.39, 0.29) is 0 Å². The molecule has 7 heteroatoms. The van der Waals surface area contributed by atoms with Gasteiger partial charge in [0.1, 0.15) is 28.4 Å². The third kappa shape index (κ3) is 4.03. The van der Waals surface area contributed by atoms with Gasteiger partial charge < -0.3 is 9.53 Å². The van der Waals surface area contributed by atoms with Crippen molar-refractivity contribution in [1.82, 2.24) is 25.0 Å². The number of rotatable bonds is 6. The van der Waals surface area contributed by atoms with Gasteiger partial charge in [0.25, 0.3) is 0 Å². The first kappa shape index (κ1) is 22.0. The summed E-state index contributed by atoms with van der Waals surface area (Å²) in [6.45, 7) is 1.69. The number of aromatic amines is 1. The van der Waals surface area contributed by atoms with Crippen molar-refractivity contribution in [1.29, 1.82) is 0 Å². The van der Waals surface area contributed by atoms with E-state index in [2.05, 4.69) is 39.3 Å². The van der Waals surface area contributed by atoms with E-state index < -0.39 is 0 Å². The largest absolute Gasteiger partial charge is 0.494 e. The molecule has 0 unspecified atom stereocenters. The maximum atomic E-state index is 11.5. The SMILES string of the molecule is COc1cc2[nH]nc(-c3cnn(C4CCC(CC(C)=O)CC4)c3)c2nc1-c1cccc2c1CCC2. The summed E-state index contributed by atoms with van der Waals surface area (Å²) in [7, 11) is 1.70. The highest BCUT2D eigenvalue weighted by Crippen LogP contribution is 2.39. The molecule has 0 saturated heterocycles. The third-order valence-electron chi connectivity index (χ3n) is 7.76. The number of nitrogens with one attached hydrogen (secondary N) is 1. The monoisotopic (exact) mass is 469 g/mol. The first-order valence-electron chi connectivity index (χ1n) is 12.7. The number of aryl methyl sites for hydroxylation is 1. The number of Topliss-reactive ketones (excluding diaryl/α,β-unsaturated/α-hetero) is 1. The van der Waals surface area contributed by atoms with E-state index in [0.29, 0.717) is 24.2 Å². The van der Waals surface area contributed by atoms with Gasteiger partial charge in [0.15, 0.2) is 0 Å². The molecule has 7 nitrogen and oxygen atoms in total. The van der Waals surface area contributed by atoms with E-state index in [1.165, 1.54) is 17.5 Å². The molecule has 3 aromatic heterocycles. The number of benzene rings is 1. The summed E-state index contributed by atoms with van der Waals surface area (Å²) < 4.78 is 7.83. The van der Waals surface area contributed by atoms with Crippen LogP contribution in [0.5, 0.6) is 5.75 Å². The molecule has 0 spiro atoms. The number of pyridine rings is 1. The van der Waals surface area contributed by atoms with Gasteiger partial charge in [-0.2, -0.15) is 10.2 Å². The van der Waals surface area contributed by atoms with Crippen LogP contribution in [0.2, 0.25) is 0 Å². The number of carbonyl (C=O) groups is 1. The Morgan fingerprint density at radius 2 is 2.03 bits per heavy atom. The van der Waals surface area contributed by atoms with E-state index in [4.69, 9.17) is 14.8 Å². The topological polar surface area (TPSA) is 85.7 Å². The normalized spacial score (nSPS) is 19.7. The molecular weight excluding hydrogens is 438 g/mol. The summed E-state index contributed by atoms with van der Waals surface area (Å²) in [5.41, 5.74) is 8.29. The Morgan fingerprint density at radius 1 is 1.17 bits per heavy atom. The van der Waals surface area contributed by atoms with Crippen molar-refractivity contribution < 1.29 is 9.53 Å². The standard InChI is InChI=1S/C28H31N5O2/c1-17(34)13-18-9-11-21(12-10-18)33-16-20(15-29-33)26-28-24(31-32-26)14-25(35-2)27(30-28)23-8-4-6-19-5-3-7-22(19)23/h4,6,8,14-16,18,21H,3,5,7,9-13H2,1-2H3,(H,31,32). The number of H-pyrrole nitrogens is 1. The van der Waals surface area contributed by atoms with Gasteiger partial charge in [0.05, 0.1) is 24.9 Å². The molecule has 35 heavy (non-hydrogen) atoms. The molecular formula is C28H31N5O2. The molecule has 1 fully saturated rings. The quantitative estimate of drug-likeness (QED) is 0.392. The molecule has 0 radical (unpaired) electrons. The van der Waals surface area contributed by atoms with Crippen LogP contribution in [0.4, 0.5) is 0 Å². The van der Waals surface area contributed by atoms with Crippen LogP contribution in [0, 0.1) is 5.92 Å². The lowest BCUT2D eigenvalue weighted by molar-refractivity contribution is -0.118. The maximum Gasteiger partial charge on any atom is 0.147 e. The van der Waals surface area contributed by atoms with Gasteiger partial charge in [-0.05, 0) is 68.9 Å². The van der Waals surface area contributed by atoms with Crippen LogP contribution in [0.15, 0.2) is 36.7 Å². The van der Waals surface area contributed by atoms with E-state index in [9.17, 15) is 4.79 Å². The second kappa shape index (κ2) is 8.95. The molecule has 180 valence electrons. The van der Waals surface area contributed by atoms with Crippen LogP contribution < -0.4 is 4.74 Å². The molecule has 0 aliphatic heterocycles. The highest BCUT2D eigenvalue weighted by atomic mass is 16.5. The Bertz CT molecular complexity index is 1390. The average molecular weight is 470 g/mol. The van der Waals surface area contributed by atoms with E-state index in [1.54, 1.807) is 14.0 Å². The molecule has 4 aromatic rings. The predicted octanol–water partition coefficient (Wildman–Crippen LogP) is 5.70. The number of hydrogen-bond acceptors (Lipinski definition) is 5. The van der Waals surface area contributed by atoms with Crippen LogP contribution >= 0.6 is 0 Å². The molecule has 1 N–H and O–H groups in total. The summed E-state index contributed by atoms with van der Waals surface area (Å²) >= 11 is 0. The van der Waals surface area contributed by atoms with Crippen LogP contribution in [0.25, 0.3) is 33.5 Å². The lowest BCUT2D eigenvalue weighted by Crippen LogP contribution is -2.19. The average Bonchev–Trinajstić information content (AvgIpc) is 3.62. The number of ketones is 1. The van der Waals surface area contributed by atoms with Gasteiger partial charge in [-0.3, -0.25) is 9.78 Å². The second-order valence-electron chi connectivity index (χ2n) is 10.1. The fraction of sp³-hybridized carbons (Fsp3) is 0.429. The van der Waals surface area contributed by atoms with E-state index in [0.717, 1.165) is 77.8 Å². The minimum absolute atomic E-state index is 0.296. The molecule has 0 bridgehead atoms. The van der Waals surface area contributed by atoms with Crippen LogP contribution in [-0.4, -0.2) is 37.9 Å². The minimum atomic E-state index is 0.296. The van der Waals surface area contributed by atoms with Gasteiger partial charge in [-0.15, -0.1) is 0 Å². The summed E-state index contributed by atoms with van der Waals surface area (Å²) in [5, 5.41) is 12.5. The molecule has 3 heterocycles. The minimum Gasteiger partial charge on any atom is -0.494 e. The van der Waals surface area contributed by atoms with E-state index in [1.807, 2.05) is 12.3 Å². The highest BCUT2D eigenvalue weighted by molar-refractivity contribution is 5.92. The summed E-state index contributed by atoms with van der Waals surface area (Å²) in [5.74, 6) is 1.57. The Kier molecular flexibility index (Phi) is 5.63. The summed E-state index contributed by atoms with van der Waals surface area (Å²) in [6, 6.07) is 8.87. The van der Waals surface area contributed by atoms with Crippen LogP contribution in [0.3, 0.4) is 0 Å². The summed E-state index contributed by atoms with van der Waals surface area (Å²) in [6.07, 6.45) is 12.4. The molecule has 0 atom stereocenters. The summed E-state index contributed by atoms with van der Waals surface area (Å²) in [4.78, 5) is 16.6. The van der Waals surface area contributed by atoms with Crippen molar-refractivity contribution in [3.05, 3.63) is 47.8 Å². The molecule has 2 aliphatic carbocycles. The van der Waals surface area contributed by atoms with Crippen molar-refractivity contribution in [3.63, 3.8) is 0 Å². The second-order valence-corrected chi connectivity index (χ2v) is 10.1. The first-order valence-corrected chi connectivity index (χ1v) is 12.7. The van der Waals surface area contributed by atoms with Crippen LogP contribution in [-0.2, 0) is 17.6 Å². The molecule has 6 rings (SSSR count). The molecule has 0 amide bonds. The fourth-order valence-electron chi connectivity index (χ4n) is 6.00. The fourth-order valence-corrected chi connectivity index (χ4v) is 6.00. The van der Waals surface area contributed by atoms with Gasteiger partial charge in [-0.1, -0.05) is 18.2 Å². The lowest BCUT2D eigenvalue weighted by atomic mass is 9.83. The number of aromatic nitrogens is 5. The maximum absolute atomic E-state index is 11.5. The van der Waals surface area contributed by atoms with Gasteiger partial charge in [0, 0.05) is 29.8 Å². The molecule has 1 saturated carbocycles. The van der Waals surface area contributed by atoms with E-state index >= 15 is 0 Å². The van der Waals surface area contributed by atoms with Gasteiger partial charge in [-0.25, -0.2) is 4.98 Å². The third-order valence-corrected chi connectivity index (χ3v) is 7.76. The Hall–Kier alpha value is -3.48. The smallest absolute Gasteiger partial charge is 0.147 e. The van der Waals surface area contributed by atoms with Crippen molar-refractivity contribution in [2.24, 2.45) is 5.92 Å². The lowest BCUT2D eigenvalue weighted by Gasteiger charge is -2.28. The number of hydrogen-bond donors (Lipinski definition) is 1. The zero-order valence-electron chi connectivity index (χ0n) is 20.4. The predicted molar refractivity (Wildman–Crippen MR) is 135 cm³/mol.